The van der Waals surface area contributed by atoms with Gasteiger partial charge in [-0.3, -0.25) is 4.98 Å². The second-order valence-electron chi connectivity index (χ2n) is 6.13. The number of hydrogen-bond donors (Lipinski definition) is 1. The summed E-state index contributed by atoms with van der Waals surface area (Å²) in [6, 6.07) is 8.28. The second kappa shape index (κ2) is 6.86. The first-order chi connectivity index (χ1) is 11.2. The molecular weight excluding hydrogens is 288 g/mol. The largest absolute Gasteiger partial charge is 0.497 e. The monoisotopic (exact) mass is 312 g/mol. The van der Waals surface area contributed by atoms with Gasteiger partial charge in [0.1, 0.15) is 11.6 Å². The van der Waals surface area contributed by atoms with E-state index in [-0.39, 0.29) is 0 Å². The van der Waals surface area contributed by atoms with Crippen LogP contribution >= 0.6 is 0 Å². The van der Waals surface area contributed by atoms with E-state index in [1.807, 2.05) is 26.0 Å². The number of methoxy groups -OCH3 is 1. The van der Waals surface area contributed by atoms with Gasteiger partial charge in [-0.05, 0) is 38.3 Å². The molecule has 1 aromatic heterocycles. The van der Waals surface area contributed by atoms with E-state index < -0.39 is 0 Å². The Hall–Kier alpha value is -2.30. The summed E-state index contributed by atoms with van der Waals surface area (Å²) in [5.41, 5.74) is 3.14. The maximum absolute atomic E-state index is 5.32. The third-order valence-corrected chi connectivity index (χ3v) is 4.34. The summed E-state index contributed by atoms with van der Waals surface area (Å²) in [7, 11) is 1.71. The van der Waals surface area contributed by atoms with Crippen LogP contribution < -0.4 is 15.0 Å². The van der Waals surface area contributed by atoms with Gasteiger partial charge >= 0.3 is 0 Å². The van der Waals surface area contributed by atoms with Crippen molar-refractivity contribution in [3.8, 4) is 5.75 Å². The van der Waals surface area contributed by atoms with E-state index in [1.165, 1.54) is 12.1 Å². The highest BCUT2D eigenvalue weighted by Crippen LogP contribution is 2.27. The molecule has 122 valence electrons. The Kier molecular flexibility index (Phi) is 4.65. The van der Waals surface area contributed by atoms with Crippen molar-refractivity contribution in [3.63, 3.8) is 0 Å². The van der Waals surface area contributed by atoms with E-state index in [1.54, 1.807) is 13.3 Å². The summed E-state index contributed by atoms with van der Waals surface area (Å²) in [5, 5.41) is 3.47. The van der Waals surface area contributed by atoms with Crippen LogP contribution in [-0.4, -0.2) is 36.7 Å². The molecule has 1 aliphatic rings. The molecule has 0 aliphatic carbocycles. The first-order valence-electron chi connectivity index (χ1n) is 8.09. The van der Waals surface area contributed by atoms with Gasteiger partial charge in [0, 0.05) is 37.6 Å². The Labute approximate surface area is 137 Å². The van der Waals surface area contributed by atoms with Crippen molar-refractivity contribution in [1.82, 2.24) is 9.97 Å². The highest BCUT2D eigenvalue weighted by atomic mass is 16.5. The first-order valence-corrected chi connectivity index (χ1v) is 8.09. The molecule has 1 fully saturated rings. The summed E-state index contributed by atoms with van der Waals surface area (Å²) < 4.78 is 5.32. The molecule has 5 heteroatoms. The predicted molar refractivity (Wildman–Crippen MR) is 93.3 cm³/mol. The molecule has 3 rings (SSSR count). The summed E-state index contributed by atoms with van der Waals surface area (Å²) in [4.78, 5) is 11.3. The summed E-state index contributed by atoms with van der Waals surface area (Å²) in [5.74, 6) is 2.43. The van der Waals surface area contributed by atoms with Crippen molar-refractivity contribution in [1.29, 1.82) is 0 Å². The molecule has 0 spiro atoms. The highest BCUT2D eigenvalue weighted by molar-refractivity contribution is 5.51. The molecule has 0 saturated carbocycles. The number of nitrogens with zero attached hydrogens (tertiary/aromatic N) is 3. The first kappa shape index (κ1) is 15.6. The average Bonchev–Trinajstić information content (AvgIpc) is 3.05. The number of ether oxygens (including phenoxy) is 1. The zero-order valence-electron chi connectivity index (χ0n) is 14.0. The van der Waals surface area contributed by atoms with Crippen LogP contribution in [0.2, 0.25) is 0 Å². The number of aryl methyl sites for hydroxylation is 2. The van der Waals surface area contributed by atoms with Gasteiger partial charge in [0.2, 0.25) is 0 Å². The summed E-state index contributed by atoms with van der Waals surface area (Å²) in [6.45, 7) is 7.03. The van der Waals surface area contributed by atoms with E-state index in [0.29, 0.717) is 5.92 Å². The van der Waals surface area contributed by atoms with Gasteiger partial charge < -0.3 is 15.0 Å². The van der Waals surface area contributed by atoms with Gasteiger partial charge in [-0.15, -0.1) is 0 Å². The quantitative estimate of drug-likeness (QED) is 0.919. The fraction of sp³-hybridized carbons (Fsp3) is 0.444. The molecule has 1 N–H and O–H groups in total. The fourth-order valence-electron chi connectivity index (χ4n) is 2.99. The molecule has 5 nitrogen and oxygen atoms in total. The number of aromatic nitrogens is 2. The lowest BCUT2D eigenvalue weighted by molar-refractivity contribution is 0.415. The van der Waals surface area contributed by atoms with E-state index in [0.717, 1.165) is 42.6 Å². The second-order valence-corrected chi connectivity index (χ2v) is 6.13. The van der Waals surface area contributed by atoms with Crippen LogP contribution in [-0.2, 0) is 0 Å². The lowest BCUT2D eigenvalue weighted by Gasteiger charge is -2.19. The van der Waals surface area contributed by atoms with Gasteiger partial charge in [-0.1, -0.05) is 6.07 Å². The van der Waals surface area contributed by atoms with Crippen LogP contribution in [0.1, 0.15) is 17.8 Å². The molecule has 1 aliphatic heterocycles. The van der Waals surface area contributed by atoms with Gasteiger partial charge in [-0.25, -0.2) is 4.98 Å². The Morgan fingerprint density at radius 1 is 1.35 bits per heavy atom. The topological polar surface area (TPSA) is 50.3 Å². The van der Waals surface area contributed by atoms with Crippen molar-refractivity contribution in [2.24, 2.45) is 5.92 Å². The van der Waals surface area contributed by atoms with E-state index in [4.69, 9.17) is 4.74 Å². The molecule has 0 amide bonds. The lowest BCUT2D eigenvalue weighted by Crippen LogP contribution is -2.23. The molecule has 23 heavy (non-hydrogen) atoms. The van der Waals surface area contributed by atoms with Crippen LogP contribution in [0.5, 0.6) is 5.75 Å². The van der Waals surface area contributed by atoms with E-state index in [2.05, 4.69) is 32.3 Å². The molecule has 1 aromatic carbocycles. The SMILES string of the molecule is COc1cccc(N2CCC(CNc3nc(C)cnc3C)C2)c1. The average molecular weight is 312 g/mol. The van der Waals surface area contributed by atoms with Crippen LogP contribution in [0, 0.1) is 19.8 Å². The van der Waals surface area contributed by atoms with Crippen molar-refractivity contribution in [2.45, 2.75) is 20.3 Å². The molecule has 1 saturated heterocycles. The number of hydrogen-bond acceptors (Lipinski definition) is 5. The maximum Gasteiger partial charge on any atom is 0.147 e. The van der Waals surface area contributed by atoms with Crippen LogP contribution in [0.4, 0.5) is 11.5 Å². The molecular formula is C18H24N4O. The van der Waals surface area contributed by atoms with Crippen molar-refractivity contribution in [3.05, 3.63) is 41.9 Å². The fourth-order valence-corrected chi connectivity index (χ4v) is 2.99. The Bertz CT molecular complexity index is 674. The Balaban J connectivity index is 1.58. The molecule has 1 atom stereocenters. The van der Waals surface area contributed by atoms with Crippen LogP contribution in [0.25, 0.3) is 0 Å². The summed E-state index contributed by atoms with van der Waals surface area (Å²) in [6.07, 6.45) is 2.99. The van der Waals surface area contributed by atoms with Gasteiger partial charge in [0.25, 0.3) is 0 Å². The van der Waals surface area contributed by atoms with Crippen molar-refractivity contribution < 1.29 is 4.74 Å². The van der Waals surface area contributed by atoms with Crippen LogP contribution in [0.3, 0.4) is 0 Å². The predicted octanol–water partition coefficient (Wildman–Crippen LogP) is 3.04. The smallest absolute Gasteiger partial charge is 0.147 e. The Morgan fingerprint density at radius 2 is 2.22 bits per heavy atom. The Morgan fingerprint density at radius 3 is 3.04 bits per heavy atom. The van der Waals surface area contributed by atoms with Gasteiger partial charge in [0.15, 0.2) is 0 Å². The third-order valence-electron chi connectivity index (χ3n) is 4.34. The summed E-state index contributed by atoms with van der Waals surface area (Å²) >= 11 is 0. The molecule has 2 aromatic rings. The minimum Gasteiger partial charge on any atom is -0.497 e. The number of rotatable bonds is 5. The molecule has 0 radical (unpaired) electrons. The van der Waals surface area contributed by atoms with Gasteiger partial charge in [0.05, 0.1) is 18.5 Å². The maximum atomic E-state index is 5.32. The minimum absolute atomic E-state index is 0.614. The highest BCUT2D eigenvalue weighted by Gasteiger charge is 2.23. The van der Waals surface area contributed by atoms with E-state index in [9.17, 15) is 0 Å². The third kappa shape index (κ3) is 3.73. The normalized spacial score (nSPS) is 17.3. The number of nitrogens with one attached hydrogen (secondary N) is 1. The van der Waals surface area contributed by atoms with E-state index >= 15 is 0 Å². The zero-order chi connectivity index (χ0) is 16.2. The minimum atomic E-state index is 0.614. The number of benzene rings is 1. The van der Waals surface area contributed by atoms with Gasteiger partial charge in [-0.2, -0.15) is 0 Å². The molecule has 1 unspecified atom stereocenters. The zero-order valence-corrected chi connectivity index (χ0v) is 14.0. The molecule has 2 heterocycles. The molecule has 0 bridgehead atoms. The van der Waals surface area contributed by atoms with Crippen LogP contribution in [0.15, 0.2) is 30.5 Å². The number of anilines is 2. The standard InChI is InChI=1S/C18H24N4O/c1-13-10-19-14(2)18(21-13)20-11-15-7-8-22(12-15)16-5-4-6-17(9-16)23-3/h4-6,9-10,15H,7-8,11-12H2,1-3H3,(H,20,21). The van der Waals surface area contributed by atoms with Crippen molar-refractivity contribution in [2.75, 3.05) is 37.0 Å². The van der Waals surface area contributed by atoms with Crippen molar-refractivity contribution >= 4 is 11.5 Å². The lowest BCUT2D eigenvalue weighted by atomic mass is 10.1.